The summed E-state index contributed by atoms with van der Waals surface area (Å²) >= 11 is 1.51. The number of sulfonamides is 1. The highest BCUT2D eigenvalue weighted by molar-refractivity contribution is 7.98. The molecular weight excluding hydrogens is 506 g/mol. The van der Waals surface area contributed by atoms with Crippen LogP contribution >= 0.6 is 11.8 Å². The van der Waals surface area contributed by atoms with Gasteiger partial charge in [-0.25, -0.2) is 8.42 Å². The zero-order valence-electron chi connectivity index (χ0n) is 21.5. The molecule has 3 aromatic rings. The average Bonchev–Trinajstić information content (AvgIpc) is 2.92. The van der Waals surface area contributed by atoms with Gasteiger partial charge in [-0.15, -0.1) is 11.8 Å². The first kappa shape index (κ1) is 28.3. The van der Waals surface area contributed by atoms with Crippen LogP contribution in [0, 0.1) is 6.92 Å². The smallest absolute Gasteiger partial charge is 0.264 e. The summed E-state index contributed by atoms with van der Waals surface area (Å²) in [6.45, 7) is 3.46. The zero-order chi connectivity index (χ0) is 27.0. The van der Waals surface area contributed by atoms with Gasteiger partial charge in [0, 0.05) is 18.5 Å². The standard InChI is InChI=1S/C28H33N3O4S2/c1-5-26(28(33)29-3)30(19-22-9-7-6-8-10-22)27(32)20-31(23-13-11-21(2)12-14-23)37(34,35)25-17-15-24(36-4)16-18-25/h6-18,26H,5,19-20H2,1-4H3,(H,29,33)/t26-/m0/s1. The van der Waals surface area contributed by atoms with E-state index >= 15 is 0 Å². The maximum absolute atomic E-state index is 13.8. The summed E-state index contributed by atoms with van der Waals surface area (Å²) in [6, 6.07) is 22.2. The van der Waals surface area contributed by atoms with Crippen molar-refractivity contribution in [3.05, 3.63) is 90.0 Å². The van der Waals surface area contributed by atoms with Gasteiger partial charge >= 0.3 is 0 Å². The predicted molar refractivity (Wildman–Crippen MR) is 149 cm³/mol. The monoisotopic (exact) mass is 539 g/mol. The van der Waals surface area contributed by atoms with Crippen LogP contribution in [0.15, 0.2) is 88.7 Å². The van der Waals surface area contributed by atoms with E-state index < -0.39 is 28.5 Å². The number of nitrogens with one attached hydrogen (secondary N) is 1. The summed E-state index contributed by atoms with van der Waals surface area (Å²) in [5, 5.41) is 2.63. The van der Waals surface area contributed by atoms with Gasteiger partial charge in [0.2, 0.25) is 11.8 Å². The van der Waals surface area contributed by atoms with E-state index in [1.54, 1.807) is 48.5 Å². The maximum atomic E-state index is 13.8. The van der Waals surface area contributed by atoms with Crippen molar-refractivity contribution in [2.24, 2.45) is 0 Å². The fraction of sp³-hybridized carbons (Fsp3) is 0.286. The zero-order valence-corrected chi connectivity index (χ0v) is 23.2. The molecule has 0 unspecified atom stereocenters. The Bertz CT molecular complexity index is 1300. The van der Waals surface area contributed by atoms with Crippen molar-refractivity contribution in [3.8, 4) is 0 Å². The first-order valence-electron chi connectivity index (χ1n) is 12.0. The average molecular weight is 540 g/mol. The fourth-order valence-corrected chi connectivity index (χ4v) is 5.80. The van der Waals surface area contributed by atoms with Gasteiger partial charge in [-0.2, -0.15) is 0 Å². The molecule has 0 radical (unpaired) electrons. The number of aryl methyl sites for hydroxylation is 1. The molecule has 3 rings (SSSR count). The highest BCUT2D eigenvalue weighted by atomic mass is 32.2. The van der Waals surface area contributed by atoms with Crippen LogP contribution in [0.2, 0.25) is 0 Å². The maximum Gasteiger partial charge on any atom is 0.264 e. The van der Waals surface area contributed by atoms with Crippen molar-refractivity contribution in [1.82, 2.24) is 10.2 Å². The van der Waals surface area contributed by atoms with Gasteiger partial charge in [0.05, 0.1) is 10.6 Å². The number of hydrogen-bond donors (Lipinski definition) is 1. The van der Waals surface area contributed by atoms with Crippen molar-refractivity contribution < 1.29 is 18.0 Å². The number of anilines is 1. The molecule has 0 saturated carbocycles. The van der Waals surface area contributed by atoms with Gasteiger partial charge in [0.15, 0.2) is 0 Å². The summed E-state index contributed by atoms with van der Waals surface area (Å²) in [5.41, 5.74) is 2.18. The Morgan fingerprint density at radius 3 is 2.11 bits per heavy atom. The number of amides is 2. The van der Waals surface area contributed by atoms with Crippen LogP contribution in [-0.2, 0) is 26.2 Å². The molecule has 37 heavy (non-hydrogen) atoms. The number of carbonyl (C=O) groups excluding carboxylic acids is 2. The highest BCUT2D eigenvalue weighted by Gasteiger charge is 2.33. The molecule has 0 bridgehead atoms. The SMILES string of the molecule is CC[C@@H](C(=O)NC)N(Cc1ccccc1)C(=O)CN(c1ccc(C)cc1)S(=O)(=O)c1ccc(SC)cc1. The molecule has 0 spiro atoms. The second-order valence-electron chi connectivity index (χ2n) is 8.57. The Kier molecular flexibility index (Phi) is 9.77. The molecule has 1 N–H and O–H groups in total. The van der Waals surface area contributed by atoms with E-state index in [4.69, 9.17) is 0 Å². The fourth-order valence-electron chi connectivity index (χ4n) is 3.98. The van der Waals surface area contributed by atoms with E-state index in [1.165, 1.54) is 23.7 Å². The quantitative estimate of drug-likeness (QED) is 0.364. The van der Waals surface area contributed by atoms with Crippen LogP contribution < -0.4 is 9.62 Å². The first-order chi connectivity index (χ1) is 17.7. The van der Waals surface area contributed by atoms with Gasteiger partial charge in [-0.1, -0.05) is 55.0 Å². The number of hydrogen-bond acceptors (Lipinski definition) is 5. The molecule has 0 fully saturated rings. The Balaban J connectivity index is 2.04. The normalized spacial score (nSPS) is 12.0. The third kappa shape index (κ3) is 6.93. The molecular formula is C28H33N3O4S2. The van der Waals surface area contributed by atoms with E-state index in [1.807, 2.05) is 50.4 Å². The minimum Gasteiger partial charge on any atom is -0.357 e. The number of carbonyl (C=O) groups is 2. The largest absolute Gasteiger partial charge is 0.357 e. The Morgan fingerprint density at radius 2 is 1.57 bits per heavy atom. The lowest BCUT2D eigenvalue weighted by atomic mass is 10.1. The number of thioether (sulfide) groups is 1. The van der Waals surface area contributed by atoms with Gasteiger partial charge in [0.25, 0.3) is 10.0 Å². The van der Waals surface area contributed by atoms with Crippen LogP contribution in [-0.4, -0.2) is 51.0 Å². The van der Waals surface area contributed by atoms with E-state index in [2.05, 4.69) is 5.32 Å². The molecule has 0 heterocycles. The lowest BCUT2D eigenvalue weighted by molar-refractivity contribution is -0.140. The number of likely N-dealkylation sites (N-methyl/N-ethyl adjacent to an activating group) is 1. The van der Waals surface area contributed by atoms with Crippen molar-refractivity contribution in [2.45, 2.75) is 42.6 Å². The molecule has 0 aliphatic rings. The molecule has 0 saturated heterocycles. The third-order valence-corrected chi connectivity index (χ3v) is 8.61. The molecule has 3 aromatic carbocycles. The molecule has 0 aromatic heterocycles. The van der Waals surface area contributed by atoms with Crippen LogP contribution in [0.5, 0.6) is 0 Å². The van der Waals surface area contributed by atoms with Crippen LogP contribution in [0.1, 0.15) is 24.5 Å². The molecule has 196 valence electrons. The molecule has 9 heteroatoms. The Morgan fingerprint density at radius 1 is 0.946 bits per heavy atom. The summed E-state index contributed by atoms with van der Waals surface area (Å²) in [6.07, 6.45) is 2.30. The van der Waals surface area contributed by atoms with Crippen molar-refractivity contribution in [2.75, 3.05) is 24.2 Å². The Hall–Kier alpha value is -3.30. The molecule has 0 aliphatic heterocycles. The number of nitrogens with zero attached hydrogens (tertiary/aromatic N) is 2. The van der Waals surface area contributed by atoms with Crippen LogP contribution in [0.3, 0.4) is 0 Å². The van der Waals surface area contributed by atoms with Crippen LogP contribution in [0.4, 0.5) is 5.69 Å². The van der Waals surface area contributed by atoms with E-state index in [9.17, 15) is 18.0 Å². The topological polar surface area (TPSA) is 86.8 Å². The van der Waals surface area contributed by atoms with Crippen molar-refractivity contribution in [3.63, 3.8) is 0 Å². The second kappa shape index (κ2) is 12.8. The lowest BCUT2D eigenvalue weighted by Crippen LogP contribution is -2.51. The molecule has 2 amide bonds. The van der Waals surface area contributed by atoms with E-state index in [0.717, 1.165) is 20.3 Å². The molecule has 7 nitrogen and oxygen atoms in total. The second-order valence-corrected chi connectivity index (χ2v) is 11.3. The van der Waals surface area contributed by atoms with E-state index in [0.29, 0.717) is 12.1 Å². The molecule has 1 atom stereocenters. The highest BCUT2D eigenvalue weighted by Crippen LogP contribution is 2.26. The van der Waals surface area contributed by atoms with Gasteiger partial charge < -0.3 is 10.2 Å². The first-order valence-corrected chi connectivity index (χ1v) is 14.7. The van der Waals surface area contributed by atoms with Crippen molar-refractivity contribution in [1.29, 1.82) is 0 Å². The minimum atomic E-state index is -4.08. The van der Waals surface area contributed by atoms with Gasteiger partial charge in [-0.05, 0) is 61.6 Å². The third-order valence-electron chi connectivity index (χ3n) is 6.08. The van der Waals surface area contributed by atoms with Crippen LogP contribution in [0.25, 0.3) is 0 Å². The minimum absolute atomic E-state index is 0.0895. The van der Waals surface area contributed by atoms with E-state index in [-0.39, 0.29) is 17.3 Å². The summed E-state index contributed by atoms with van der Waals surface area (Å²) < 4.78 is 28.8. The number of rotatable bonds is 11. The summed E-state index contributed by atoms with van der Waals surface area (Å²) in [7, 11) is -2.55. The predicted octanol–water partition coefficient (Wildman–Crippen LogP) is 4.47. The summed E-state index contributed by atoms with van der Waals surface area (Å²) in [5.74, 6) is -0.770. The molecule has 0 aliphatic carbocycles. The van der Waals surface area contributed by atoms with Crippen molar-refractivity contribution >= 4 is 39.3 Å². The van der Waals surface area contributed by atoms with Gasteiger partial charge in [-0.3, -0.25) is 13.9 Å². The lowest BCUT2D eigenvalue weighted by Gasteiger charge is -2.33. The Labute approximate surface area is 223 Å². The summed E-state index contributed by atoms with van der Waals surface area (Å²) in [4.78, 5) is 29.0. The number of benzene rings is 3. The van der Waals surface area contributed by atoms with Gasteiger partial charge in [0.1, 0.15) is 12.6 Å².